The molecule has 0 bridgehead atoms. The standard InChI is InChI=1S/C15H14BrNO4S/c1-20-13-6-12(16)10(8-18)5-14(13)21-9-15(19)17-7-11-3-2-4-22-11/h2-6,8H,7,9H2,1H3,(H,17,19). The quantitative estimate of drug-likeness (QED) is 0.746. The van der Waals surface area contributed by atoms with Crippen molar-refractivity contribution in [1.82, 2.24) is 5.32 Å². The molecule has 0 unspecified atom stereocenters. The van der Waals surface area contributed by atoms with Crippen LogP contribution in [0, 0.1) is 0 Å². The van der Waals surface area contributed by atoms with Crippen molar-refractivity contribution in [3.63, 3.8) is 0 Å². The van der Waals surface area contributed by atoms with Gasteiger partial charge in [0.15, 0.2) is 24.4 Å². The van der Waals surface area contributed by atoms with Gasteiger partial charge in [-0.05, 0) is 39.5 Å². The highest BCUT2D eigenvalue weighted by atomic mass is 79.9. The van der Waals surface area contributed by atoms with Gasteiger partial charge in [-0.15, -0.1) is 11.3 Å². The molecule has 0 aliphatic rings. The first kappa shape index (κ1) is 16.5. The fraction of sp³-hybridized carbons (Fsp3) is 0.200. The molecule has 0 saturated heterocycles. The van der Waals surface area contributed by atoms with E-state index in [0.717, 1.165) is 4.88 Å². The van der Waals surface area contributed by atoms with E-state index in [0.29, 0.717) is 34.4 Å². The van der Waals surface area contributed by atoms with Gasteiger partial charge in [0.25, 0.3) is 5.91 Å². The fourth-order valence-electron chi connectivity index (χ4n) is 1.71. The topological polar surface area (TPSA) is 64.6 Å². The SMILES string of the molecule is COc1cc(Br)c(C=O)cc1OCC(=O)NCc1cccs1. The molecule has 2 aromatic rings. The summed E-state index contributed by atoms with van der Waals surface area (Å²) < 4.78 is 11.2. The number of nitrogens with one attached hydrogen (secondary N) is 1. The van der Waals surface area contributed by atoms with E-state index in [2.05, 4.69) is 21.2 Å². The van der Waals surface area contributed by atoms with Gasteiger partial charge in [0.1, 0.15) is 0 Å². The van der Waals surface area contributed by atoms with E-state index in [-0.39, 0.29) is 12.5 Å². The van der Waals surface area contributed by atoms with E-state index in [1.165, 1.54) is 13.2 Å². The van der Waals surface area contributed by atoms with Crippen molar-refractivity contribution in [2.45, 2.75) is 6.54 Å². The number of carbonyl (C=O) groups excluding carboxylic acids is 2. The zero-order valence-corrected chi connectivity index (χ0v) is 14.2. The third-order valence-corrected chi connectivity index (χ3v) is 4.37. The van der Waals surface area contributed by atoms with Gasteiger partial charge in [-0.2, -0.15) is 0 Å². The van der Waals surface area contributed by atoms with Crippen LogP contribution in [-0.2, 0) is 11.3 Å². The van der Waals surface area contributed by atoms with Crippen molar-refractivity contribution in [3.05, 3.63) is 44.6 Å². The molecule has 1 aromatic carbocycles. The molecule has 116 valence electrons. The summed E-state index contributed by atoms with van der Waals surface area (Å²) in [6.07, 6.45) is 0.702. The second-order valence-electron chi connectivity index (χ2n) is 4.29. The van der Waals surface area contributed by atoms with E-state index < -0.39 is 0 Å². The zero-order valence-electron chi connectivity index (χ0n) is 11.8. The second kappa shape index (κ2) is 7.95. The number of carbonyl (C=O) groups is 2. The Hall–Kier alpha value is -1.86. The summed E-state index contributed by atoms with van der Waals surface area (Å²) in [5.74, 6) is 0.550. The van der Waals surface area contributed by atoms with Crippen LogP contribution < -0.4 is 14.8 Å². The molecule has 1 heterocycles. The average Bonchev–Trinajstić information content (AvgIpc) is 3.04. The average molecular weight is 384 g/mol. The largest absolute Gasteiger partial charge is 0.493 e. The molecule has 0 aliphatic carbocycles. The minimum absolute atomic E-state index is 0.151. The molecule has 22 heavy (non-hydrogen) atoms. The highest BCUT2D eigenvalue weighted by molar-refractivity contribution is 9.10. The molecular formula is C15H14BrNO4S. The maximum absolute atomic E-state index is 11.8. The highest BCUT2D eigenvalue weighted by Gasteiger charge is 2.11. The Labute approximate surface area is 140 Å². The molecule has 0 spiro atoms. The van der Waals surface area contributed by atoms with Crippen LogP contribution in [0.2, 0.25) is 0 Å². The number of ether oxygens (including phenoxy) is 2. The Balaban J connectivity index is 1.95. The molecule has 1 amide bonds. The number of rotatable bonds is 7. The highest BCUT2D eigenvalue weighted by Crippen LogP contribution is 2.32. The maximum atomic E-state index is 11.8. The first-order chi connectivity index (χ1) is 10.6. The molecule has 2 rings (SSSR count). The van der Waals surface area contributed by atoms with Gasteiger partial charge >= 0.3 is 0 Å². The van der Waals surface area contributed by atoms with Gasteiger partial charge in [0.2, 0.25) is 0 Å². The van der Waals surface area contributed by atoms with Crippen LogP contribution in [0.4, 0.5) is 0 Å². The van der Waals surface area contributed by atoms with E-state index in [9.17, 15) is 9.59 Å². The van der Waals surface area contributed by atoms with Crippen LogP contribution in [0.15, 0.2) is 34.1 Å². The third-order valence-electron chi connectivity index (χ3n) is 2.81. The zero-order chi connectivity index (χ0) is 15.9. The molecule has 0 radical (unpaired) electrons. The first-order valence-electron chi connectivity index (χ1n) is 6.38. The van der Waals surface area contributed by atoms with Crippen molar-refractivity contribution >= 4 is 39.5 Å². The molecule has 1 aromatic heterocycles. The molecule has 5 nitrogen and oxygen atoms in total. The number of amides is 1. The first-order valence-corrected chi connectivity index (χ1v) is 8.06. The lowest BCUT2D eigenvalue weighted by Crippen LogP contribution is -2.28. The Kier molecular flexibility index (Phi) is 5.97. The Morgan fingerprint density at radius 1 is 1.41 bits per heavy atom. The van der Waals surface area contributed by atoms with Crippen molar-refractivity contribution < 1.29 is 19.1 Å². The summed E-state index contributed by atoms with van der Waals surface area (Å²) in [5.41, 5.74) is 0.426. The van der Waals surface area contributed by atoms with E-state index in [1.807, 2.05) is 17.5 Å². The number of aldehydes is 1. The molecule has 1 N–H and O–H groups in total. The van der Waals surface area contributed by atoms with E-state index in [4.69, 9.17) is 9.47 Å². The smallest absolute Gasteiger partial charge is 0.258 e. The van der Waals surface area contributed by atoms with Crippen LogP contribution in [-0.4, -0.2) is 25.9 Å². The van der Waals surface area contributed by atoms with Crippen molar-refractivity contribution in [1.29, 1.82) is 0 Å². The van der Waals surface area contributed by atoms with Crippen molar-refractivity contribution in [3.8, 4) is 11.5 Å². The van der Waals surface area contributed by atoms with Gasteiger partial charge in [0, 0.05) is 14.9 Å². The fourth-order valence-corrected chi connectivity index (χ4v) is 2.77. The molecule has 0 aliphatic heterocycles. The molecular weight excluding hydrogens is 370 g/mol. The molecule has 7 heteroatoms. The monoisotopic (exact) mass is 383 g/mol. The van der Waals surface area contributed by atoms with Gasteiger partial charge in [-0.3, -0.25) is 9.59 Å². The van der Waals surface area contributed by atoms with Crippen LogP contribution in [0.3, 0.4) is 0 Å². The lowest BCUT2D eigenvalue weighted by Gasteiger charge is -2.12. The number of benzene rings is 1. The Morgan fingerprint density at radius 2 is 2.23 bits per heavy atom. The summed E-state index contributed by atoms with van der Waals surface area (Å²) >= 11 is 4.84. The minimum Gasteiger partial charge on any atom is -0.493 e. The van der Waals surface area contributed by atoms with Crippen molar-refractivity contribution in [2.75, 3.05) is 13.7 Å². The summed E-state index contributed by atoms with van der Waals surface area (Å²) in [7, 11) is 1.49. The van der Waals surface area contributed by atoms with Crippen LogP contribution >= 0.6 is 27.3 Å². The number of thiophene rings is 1. The summed E-state index contributed by atoms with van der Waals surface area (Å²) in [5, 5.41) is 4.71. The Bertz CT molecular complexity index is 658. The summed E-state index contributed by atoms with van der Waals surface area (Å²) in [6, 6.07) is 7.03. The predicted molar refractivity (Wildman–Crippen MR) is 87.7 cm³/mol. The number of hydrogen-bond acceptors (Lipinski definition) is 5. The lowest BCUT2D eigenvalue weighted by atomic mass is 10.2. The number of hydrogen-bond donors (Lipinski definition) is 1. The summed E-state index contributed by atoms with van der Waals surface area (Å²) in [6.45, 7) is 0.318. The van der Waals surface area contributed by atoms with Crippen molar-refractivity contribution in [2.24, 2.45) is 0 Å². The van der Waals surface area contributed by atoms with E-state index in [1.54, 1.807) is 17.4 Å². The predicted octanol–water partition coefficient (Wildman–Crippen LogP) is 3.03. The van der Waals surface area contributed by atoms with Gasteiger partial charge in [0.05, 0.1) is 13.7 Å². The molecule has 0 atom stereocenters. The van der Waals surface area contributed by atoms with Crippen LogP contribution in [0.25, 0.3) is 0 Å². The molecule has 0 saturated carbocycles. The number of methoxy groups -OCH3 is 1. The Morgan fingerprint density at radius 3 is 2.86 bits per heavy atom. The van der Waals surface area contributed by atoms with Gasteiger partial charge in [-0.25, -0.2) is 0 Å². The van der Waals surface area contributed by atoms with E-state index >= 15 is 0 Å². The van der Waals surface area contributed by atoms with Crippen LogP contribution in [0.5, 0.6) is 11.5 Å². The lowest BCUT2D eigenvalue weighted by molar-refractivity contribution is -0.123. The summed E-state index contributed by atoms with van der Waals surface area (Å²) in [4.78, 5) is 23.8. The maximum Gasteiger partial charge on any atom is 0.258 e. The van der Waals surface area contributed by atoms with Gasteiger partial charge in [-0.1, -0.05) is 6.07 Å². The minimum atomic E-state index is -0.244. The van der Waals surface area contributed by atoms with Gasteiger partial charge < -0.3 is 14.8 Å². The third kappa shape index (κ3) is 4.32. The number of halogens is 1. The molecule has 0 fully saturated rings. The normalized spacial score (nSPS) is 10.1. The second-order valence-corrected chi connectivity index (χ2v) is 6.17. The van der Waals surface area contributed by atoms with Crippen LogP contribution in [0.1, 0.15) is 15.2 Å².